The van der Waals surface area contributed by atoms with Gasteiger partial charge in [0.2, 0.25) is 5.71 Å². The monoisotopic (exact) mass is 510 g/mol. The van der Waals surface area contributed by atoms with E-state index in [-0.39, 0.29) is 24.6 Å². The molecule has 0 radical (unpaired) electrons. The zero-order valence-electron chi connectivity index (χ0n) is 20.4. The van der Waals surface area contributed by atoms with Gasteiger partial charge in [0.25, 0.3) is 17.6 Å². The number of rotatable bonds is 5. The molecule has 0 unspecified atom stereocenters. The maximum absolute atomic E-state index is 13.4. The molecule has 0 aliphatic carbocycles. The maximum atomic E-state index is 13.4. The fraction of sp³-hybridized carbons (Fsp3) is 0.185. The van der Waals surface area contributed by atoms with Crippen LogP contribution >= 0.6 is 0 Å². The number of nitrogens with one attached hydrogen (secondary N) is 1. The van der Waals surface area contributed by atoms with Crippen molar-refractivity contribution < 1.29 is 23.5 Å². The minimum atomic E-state index is -0.678. The molecule has 11 heteroatoms. The molecule has 0 atom stereocenters. The summed E-state index contributed by atoms with van der Waals surface area (Å²) in [7, 11) is 1.47. The minimum Gasteiger partial charge on any atom is -0.494 e. The molecule has 1 N–H and O–H groups in total. The van der Waals surface area contributed by atoms with Gasteiger partial charge in [-0.05, 0) is 30.3 Å². The molecule has 190 valence electrons. The van der Waals surface area contributed by atoms with Crippen LogP contribution in [0, 0.1) is 0 Å². The Kier molecular flexibility index (Phi) is 5.79. The van der Waals surface area contributed by atoms with Crippen molar-refractivity contribution in [1.82, 2.24) is 29.7 Å². The highest BCUT2D eigenvalue weighted by atomic mass is 16.5. The number of hydrogen-bond donors (Lipinski definition) is 1. The molecule has 1 fully saturated rings. The highest BCUT2D eigenvalue weighted by Gasteiger charge is 2.31. The quantitative estimate of drug-likeness (QED) is 0.282. The fourth-order valence-corrected chi connectivity index (χ4v) is 4.65. The van der Waals surface area contributed by atoms with Crippen LogP contribution < -0.4 is 4.74 Å². The number of furan rings is 1. The molecular formula is C27H22N6O5. The molecule has 11 nitrogen and oxygen atoms in total. The Hall–Kier alpha value is -5.06. The van der Waals surface area contributed by atoms with Crippen LogP contribution in [0.1, 0.15) is 20.8 Å². The number of ether oxygens (including phenoxy) is 1. The Morgan fingerprint density at radius 1 is 0.974 bits per heavy atom. The van der Waals surface area contributed by atoms with Crippen LogP contribution in [0.15, 0.2) is 65.6 Å². The Morgan fingerprint density at radius 2 is 1.76 bits per heavy atom. The molecule has 1 aliphatic rings. The summed E-state index contributed by atoms with van der Waals surface area (Å²) >= 11 is 0. The summed E-state index contributed by atoms with van der Waals surface area (Å²) < 4.78 is 11.4. The van der Waals surface area contributed by atoms with Crippen LogP contribution in [-0.2, 0) is 4.79 Å². The number of amides is 2. The number of piperazine rings is 1. The van der Waals surface area contributed by atoms with E-state index >= 15 is 0 Å². The van der Waals surface area contributed by atoms with Crippen molar-refractivity contribution in [2.24, 2.45) is 0 Å². The van der Waals surface area contributed by atoms with Gasteiger partial charge in [0, 0.05) is 50.2 Å². The molecule has 5 aromatic heterocycles. The van der Waals surface area contributed by atoms with Crippen LogP contribution in [-0.4, -0.2) is 80.6 Å². The molecule has 1 aliphatic heterocycles. The number of H-pyrrole nitrogens is 1. The first-order chi connectivity index (χ1) is 18.5. The van der Waals surface area contributed by atoms with Gasteiger partial charge in [-0.2, -0.15) is 0 Å². The second kappa shape index (κ2) is 9.43. The van der Waals surface area contributed by atoms with Gasteiger partial charge in [-0.1, -0.05) is 6.07 Å². The number of aromatic amines is 1. The van der Waals surface area contributed by atoms with Gasteiger partial charge in [0.15, 0.2) is 5.76 Å². The van der Waals surface area contributed by atoms with Crippen molar-refractivity contribution in [1.29, 1.82) is 0 Å². The number of carbonyl (C=O) groups is 3. The molecule has 1 saturated heterocycles. The lowest BCUT2D eigenvalue weighted by atomic mass is 10.1. The average molecular weight is 511 g/mol. The van der Waals surface area contributed by atoms with E-state index in [0.29, 0.717) is 52.6 Å². The molecule has 0 saturated carbocycles. The molecule has 5 aromatic rings. The smallest absolute Gasteiger partial charge is 0.295 e. The number of pyridine rings is 3. The number of ketones is 1. The Labute approximate surface area is 216 Å². The number of Topliss-reactive ketones (excluding diaryl/α,β-unsaturated/α-hetero) is 1. The van der Waals surface area contributed by atoms with Crippen LogP contribution in [0.25, 0.3) is 33.5 Å². The Bertz CT molecular complexity index is 1650. The third kappa shape index (κ3) is 3.94. The zero-order valence-corrected chi connectivity index (χ0v) is 20.4. The minimum absolute atomic E-state index is 0.173. The molecule has 38 heavy (non-hydrogen) atoms. The van der Waals surface area contributed by atoms with E-state index in [9.17, 15) is 14.4 Å². The van der Waals surface area contributed by atoms with Crippen LogP contribution in [0.2, 0.25) is 0 Å². The number of aromatic nitrogens is 4. The maximum Gasteiger partial charge on any atom is 0.295 e. The molecule has 6 rings (SSSR count). The summed E-state index contributed by atoms with van der Waals surface area (Å²) in [5, 5.41) is 1.25. The lowest BCUT2D eigenvalue weighted by molar-refractivity contribution is -0.127. The van der Waals surface area contributed by atoms with E-state index in [1.807, 2.05) is 18.2 Å². The van der Waals surface area contributed by atoms with Crippen molar-refractivity contribution in [2.45, 2.75) is 0 Å². The number of carbonyl (C=O) groups excluding carboxylic acids is 3. The molecule has 0 spiro atoms. The summed E-state index contributed by atoms with van der Waals surface area (Å²) in [5.41, 5.74) is 1.95. The summed E-state index contributed by atoms with van der Waals surface area (Å²) in [6, 6.07) is 10.6. The van der Waals surface area contributed by atoms with Crippen molar-refractivity contribution in [3.8, 4) is 17.2 Å². The number of hydrogen-bond acceptors (Lipinski definition) is 8. The second-order valence-corrected chi connectivity index (χ2v) is 8.76. The van der Waals surface area contributed by atoms with Crippen molar-refractivity contribution >= 4 is 39.6 Å². The summed E-state index contributed by atoms with van der Waals surface area (Å²) in [4.78, 5) is 58.3. The van der Waals surface area contributed by atoms with Gasteiger partial charge in [0.05, 0.1) is 29.8 Å². The molecule has 0 bridgehead atoms. The highest BCUT2D eigenvalue weighted by molar-refractivity contribution is 6.45. The van der Waals surface area contributed by atoms with E-state index in [2.05, 4.69) is 19.9 Å². The van der Waals surface area contributed by atoms with Crippen molar-refractivity contribution in [2.75, 3.05) is 33.3 Å². The largest absolute Gasteiger partial charge is 0.494 e. The van der Waals surface area contributed by atoms with E-state index in [1.165, 1.54) is 24.4 Å². The molecule has 0 aromatic carbocycles. The molecule has 2 amide bonds. The number of methoxy groups -OCH3 is 1. The van der Waals surface area contributed by atoms with Crippen LogP contribution in [0.4, 0.5) is 0 Å². The average Bonchev–Trinajstić information content (AvgIpc) is 3.61. The Morgan fingerprint density at radius 3 is 2.50 bits per heavy atom. The normalized spacial score (nSPS) is 13.7. The molecular weight excluding hydrogens is 488 g/mol. The summed E-state index contributed by atoms with van der Waals surface area (Å²) in [6.07, 6.45) is 6.18. The standard InChI is InChI=1S/C27H22N6O5/c1-37-20-15-31-22(19-13-16-5-4-8-29-25(16)38-19)23-21(20)17(14-30-23)24(34)27(36)33-11-9-32(10-12-33)26(35)18-6-2-3-7-28-18/h2-8,13-15,30H,9-12H2,1H3. The number of nitrogens with zero attached hydrogens (tertiary/aromatic N) is 5. The highest BCUT2D eigenvalue weighted by Crippen LogP contribution is 2.36. The van der Waals surface area contributed by atoms with Gasteiger partial charge >= 0.3 is 0 Å². The van der Waals surface area contributed by atoms with Crippen molar-refractivity contribution in [3.05, 3.63) is 72.4 Å². The summed E-state index contributed by atoms with van der Waals surface area (Å²) in [6.45, 7) is 1.09. The van der Waals surface area contributed by atoms with E-state index in [4.69, 9.17) is 9.15 Å². The first kappa shape index (κ1) is 23.3. The van der Waals surface area contributed by atoms with Gasteiger partial charge in [-0.3, -0.25) is 19.4 Å². The zero-order chi connectivity index (χ0) is 26.2. The lowest BCUT2D eigenvalue weighted by Crippen LogP contribution is -2.52. The van der Waals surface area contributed by atoms with Crippen LogP contribution in [0.5, 0.6) is 5.75 Å². The predicted molar refractivity (Wildman–Crippen MR) is 137 cm³/mol. The van der Waals surface area contributed by atoms with E-state index in [0.717, 1.165) is 5.39 Å². The SMILES string of the molecule is COc1cnc(-c2cc3cccnc3o2)c2[nH]cc(C(=O)C(=O)N3CCN(C(=O)c4ccccn4)CC3)c12. The first-order valence-corrected chi connectivity index (χ1v) is 12.0. The first-order valence-electron chi connectivity index (χ1n) is 12.0. The number of fused-ring (bicyclic) bond motifs is 2. The van der Waals surface area contributed by atoms with Crippen molar-refractivity contribution in [3.63, 3.8) is 0 Å². The van der Waals surface area contributed by atoms with E-state index in [1.54, 1.807) is 35.5 Å². The van der Waals surface area contributed by atoms with E-state index < -0.39 is 11.7 Å². The topological polar surface area (TPSA) is 135 Å². The van der Waals surface area contributed by atoms with Gasteiger partial charge in [0.1, 0.15) is 17.1 Å². The summed E-state index contributed by atoms with van der Waals surface area (Å²) in [5.74, 6) is -0.716. The Balaban J connectivity index is 1.26. The molecule has 6 heterocycles. The van der Waals surface area contributed by atoms with Crippen LogP contribution in [0.3, 0.4) is 0 Å². The second-order valence-electron chi connectivity index (χ2n) is 8.76. The van der Waals surface area contributed by atoms with Gasteiger partial charge in [-0.15, -0.1) is 0 Å². The lowest BCUT2D eigenvalue weighted by Gasteiger charge is -2.34. The van der Waals surface area contributed by atoms with Gasteiger partial charge in [-0.25, -0.2) is 9.97 Å². The third-order valence-corrected chi connectivity index (χ3v) is 6.60. The van der Waals surface area contributed by atoms with Gasteiger partial charge < -0.3 is 23.9 Å². The third-order valence-electron chi connectivity index (χ3n) is 6.60. The predicted octanol–water partition coefficient (Wildman–Crippen LogP) is 2.94. The fourth-order valence-electron chi connectivity index (χ4n) is 4.65.